The van der Waals surface area contributed by atoms with Crippen molar-refractivity contribution in [3.8, 4) is 5.75 Å². The van der Waals surface area contributed by atoms with Gasteiger partial charge in [-0.3, -0.25) is 0 Å². The predicted molar refractivity (Wildman–Crippen MR) is 92.6 cm³/mol. The molecule has 1 heterocycles. The first-order chi connectivity index (χ1) is 11.2. The lowest BCUT2D eigenvalue weighted by Gasteiger charge is -2.04. The molecule has 2 N–H and O–H groups in total. The SMILES string of the molecule is COc1ccc(CCc2cn(Cc3ccccc3)c(N)n2)cc1. The van der Waals surface area contributed by atoms with Crippen LogP contribution in [0.4, 0.5) is 5.95 Å². The Morgan fingerprint density at radius 3 is 2.39 bits per heavy atom. The summed E-state index contributed by atoms with van der Waals surface area (Å²) in [5, 5.41) is 0. The van der Waals surface area contributed by atoms with Gasteiger partial charge in [0, 0.05) is 6.20 Å². The lowest BCUT2D eigenvalue weighted by Crippen LogP contribution is -2.03. The number of hydrogen-bond donors (Lipinski definition) is 1. The number of aryl methyl sites for hydroxylation is 2. The van der Waals surface area contributed by atoms with E-state index in [-0.39, 0.29) is 0 Å². The number of ether oxygens (including phenoxy) is 1. The molecule has 1 aromatic heterocycles. The molecular formula is C19H21N3O. The molecule has 0 saturated heterocycles. The fraction of sp³-hybridized carbons (Fsp3) is 0.211. The largest absolute Gasteiger partial charge is 0.497 e. The fourth-order valence-corrected chi connectivity index (χ4v) is 2.58. The summed E-state index contributed by atoms with van der Waals surface area (Å²) in [5.41, 5.74) is 9.54. The van der Waals surface area contributed by atoms with Gasteiger partial charge in [-0.25, -0.2) is 4.98 Å². The van der Waals surface area contributed by atoms with Crippen molar-refractivity contribution in [2.24, 2.45) is 0 Å². The lowest BCUT2D eigenvalue weighted by atomic mass is 10.1. The van der Waals surface area contributed by atoms with Crippen LogP contribution in [0, 0.1) is 0 Å². The van der Waals surface area contributed by atoms with Gasteiger partial charge in [0.15, 0.2) is 0 Å². The minimum absolute atomic E-state index is 0.568. The minimum atomic E-state index is 0.568. The summed E-state index contributed by atoms with van der Waals surface area (Å²) < 4.78 is 7.17. The van der Waals surface area contributed by atoms with Gasteiger partial charge in [0.25, 0.3) is 0 Å². The van der Waals surface area contributed by atoms with E-state index in [0.29, 0.717) is 5.95 Å². The molecule has 0 bridgehead atoms. The van der Waals surface area contributed by atoms with E-state index in [9.17, 15) is 0 Å². The van der Waals surface area contributed by atoms with E-state index >= 15 is 0 Å². The highest BCUT2D eigenvalue weighted by atomic mass is 16.5. The minimum Gasteiger partial charge on any atom is -0.497 e. The predicted octanol–water partition coefficient (Wildman–Crippen LogP) is 3.31. The van der Waals surface area contributed by atoms with Crippen molar-refractivity contribution in [2.45, 2.75) is 19.4 Å². The molecule has 23 heavy (non-hydrogen) atoms. The Balaban J connectivity index is 1.63. The Hall–Kier alpha value is -2.75. The van der Waals surface area contributed by atoms with Crippen molar-refractivity contribution in [3.63, 3.8) is 0 Å². The van der Waals surface area contributed by atoms with Crippen molar-refractivity contribution in [1.29, 1.82) is 0 Å². The fourth-order valence-electron chi connectivity index (χ4n) is 2.58. The Morgan fingerprint density at radius 1 is 0.957 bits per heavy atom. The molecule has 0 radical (unpaired) electrons. The van der Waals surface area contributed by atoms with E-state index in [1.165, 1.54) is 11.1 Å². The number of methoxy groups -OCH3 is 1. The summed E-state index contributed by atoms with van der Waals surface area (Å²) in [5.74, 6) is 1.45. The van der Waals surface area contributed by atoms with Crippen molar-refractivity contribution >= 4 is 5.95 Å². The molecule has 118 valence electrons. The molecule has 0 spiro atoms. The highest BCUT2D eigenvalue weighted by Gasteiger charge is 2.06. The average Bonchev–Trinajstić information content (AvgIpc) is 2.94. The van der Waals surface area contributed by atoms with Gasteiger partial charge in [-0.1, -0.05) is 42.5 Å². The van der Waals surface area contributed by atoms with Crippen LogP contribution >= 0.6 is 0 Å². The van der Waals surface area contributed by atoms with Crippen molar-refractivity contribution in [1.82, 2.24) is 9.55 Å². The van der Waals surface area contributed by atoms with E-state index in [2.05, 4.69) is 29.2 Å². The molecule has 3 aromatic rings. The van der Waals surface area contributed by atoms with Crippen LogP contribution in [0.1, 0.15) is 16.8 Å². The summed E-state index contributed by atoms with van der Waals surface area (Å²) in [6, 6.07) is 18.4. The first kappa shape index (κ1) is 15.2. The highest BCUT2D eigenvalue weighted by Crippen LogP contribution is 2.15. The van der Waals surface area contributed by atoms with Crippen LogP contribution in [0.15, 0.2) is 60.8 Å². The van der Waals surface area contributed by atoms with Gasteiger partial charge >= 0.3 is 0 Å². The Morgan fingerprint density at radius 2 is 1.70 bits per heavy atom. The Bertz CT molecular complexity index is 748. The molecule has 4 heteroatoms. The first-order valence-corrected chi connectivity index (χ1v) is 7.73. The maximum absolute atomic E-state index is 6.03. The van der Waals surface area contributed by atoms with Crippen LogP contribution in [-0.4, -0.2) is 16.7 Å². The molecule has 0 fully saturated rings. The number of rotatable bonds is 6. The third-order valence-corrected chi connectivity index (χ3v) is 3.88. The van der Waals surface area contributed by atoms with Crippen molar-refractivity contribution in [3.05, 3.63) is 77.6 Å². The highest BCUT2D eigenvalue weighted by molar-refractivity contribution is 5.29. The number of hydrogen-bond acceptors (Lipinski definition) is 3. The molecule has 4 nitrogen and oxygen atoms in total. The molecule has 0 atom stereocenters. The molecule has 0 aliphatic carbocycles. The quantitative estimate of drug-likeness (QED) is 0.760. The van der Waals surface area contributed by atoms with Crippen LogP contribution in [0.25, 0.3) is 0 Å². The summed E-state index contributed by atoms with van der Waals surface area (Å²) in [6.45, 7) is 0.752. The molecule has 0 amide bonds. The van der Waals surface area contributed by atoms with E-state index in [1.54, 1.807) is 7.11 Å². The van der Waals surface area contributed by atoms with Gasteiger partial charge in [0.1, 0.15) is 5.75 Å². The first-order valence-electron chi connectivity index (χ1n) is 7.73. The normalized spacial score (nSPS) is 10.7. The van der Waals surface area contributed by atoms with Crippen LogP contribution in [0.5, 0.6) is 5.75 Å². The smallest absolute Gasteiger partial charge is 0.200 e. The molecule has 0 unspecified atom stereocenters. The zero-order valence-electron chi connectivity index (χ0n) is 13.3. The molecule has 2 aromatic carbocycles. The van der Waals surface area contributed by atoms with Crippen LogP contribution in [-0.2, 0) is 19.4 Å². The Labute approximate surface area is 136 Å². The maximum atomic E-state index is 6.03. The molecule has 0 aliphatic rings. The second-order valence-corrected chi connectivity index (χ2v) is 5.55. The topological polar surface area (TPSA) is 53.1 Å². The summed E-state index contributed by atoms with van der Waals surface area (Å²) in [6.07, 6.45) is 3.86. The number of anilines is 1. The van der Waals surface area contributed by atoms with Gasteiger partial charge in [-0.05, 0) is 36.1 Å². The average molecular weight is 307 g/mol. The van der Waals surface area contributed by atoms with E-state index in [1.807, 2.05) is 41.1 Å². The molecule has 0 aliphatic heterocycles. The summed E-state index contributed by atoms with van der Waals surface area (Å²) in [4.78, 5) is 4.47. The van der Waals surface area contributed by atoms with Crippen LogP contribution in [0.2, 0.25) is 0 Å². The number of nitrogens with two attached hydrogens (primary N) is 1. The third-order valence-electron chi connectivity index (χ3n) is 3.88. The number of imidazole rings is 1. The monoisotopic (exact) mass is 307 g/mol. The van der Waals surface area contributed by atoms with Crippen molar-refractivity contribution in [2.75, 3.05) is 12.8 Å². The number of aromatic nitrogens is 2. The maximum Gasteiger partial charge on any atom is 0.200 e. The second kappa shape index (κ2) is 7.01. The van der Waals surface area contributed by atoms with Crippen molar-refractivity contribution < 1.29 is 4.74 Å². The summed E-state index contributed by atoms with van der Waals surface area (Å²) >= 11 is 0. The molecular weight excluding hydrogens is 286 g/mol. The number of benzene rings is 2. The van der Waals surface area contributed by atoms with E-state index < -0.39 is 0 Å². The number of nitrogens with zero attached hydrogens (tertiary/aromatic N) is 2. The van der Waals surface area contributed by atoms with Gasteiger partial charge < -0.3 is 15.0 Å². The van der Waals surface area contributed by atoms with E-state index in [4.69, 9.17) is 10.5 Å². The van der Waals surface area contributed by atoms with Crippen LogP contribution < -0.4 is 10.5 Å². The standard InChI is InChI=1S/C19H21N3O/c1-23-18-11-8-15(9-12-18)7-10-17-14-22(19(20)21-17)13-16-5-3-2-4-6-16/h2-6,8-9,11-12,14H,7,10,13H2,1H3,(H2,20,21). The summed E-state index contributed by atoms with van der Waals surface area (Å²) in [7, 11) is 1.68. The van der Waals surface area contributed by atoms with Gasteiger partial charge in [-0.2, -0.15) is 0 Å². The van der Waals surface area contributed by atoms with Gasteiger partial charge in [0.05, 0.1) is 19.3 Å². The third kappa shape index (κ3) is 3.92. The zero-order valence-corrected chi connectivity index (χ0v) is 13.3. The zero-order chi connectivity index (χ0) is 16.1. The second-order valence-electron chi connectivity index (χ2n) is 5.55. The van der Waals surface area contributed by atoms with E-state index in [0.717, 1.165) is 30.8 Å². The van der Waals surface area contributed by atoms with Gasteiger partial charge in [0.2, 0.25) is 5.95 Å². The lowest BCUT2D eigenvalue weighted by molar-refractivity contribution is 0.414. The number of nitrogen functional groups attached to an aromatic ring is 1. The Kier molecular flexibility index (Phi) is 4.62. The molecule has 0 saturated carbocycles. The molecule has 3 rings (SSSR count). The van der Waals surface area contributed by atoms with Gasteiger partial charge in [-0.15, -0.1) is 0 Å². The van der Waals surface area contributed by atoms with Crippen LogP contribution in [0.3, 0.4) is 0 Å².